The number of furan rings is 1. The minimum absolute atomic E-state index is 0.890. The first-order chi connectivity index (χ1) is 27.3. The van der Waals surface area contributed by atoms with E-state index in [1.807, 2.05) is 6.07 Å². The zero-order valence-electron chi connectivity index (χ0n) is 29.8. The first-order valence-corrected chi connectivity index (χ1v) is 18.9. The van der Waals surface area contributed by atoms with Gasteiger partial charge in [-0.05, 0) is 88.3 Å². The highest BCUT2D eigenvalue weighted by atomic mass is 16.3. The normalized spacial score (nSPS) is 12.0. The third kappa shape index (κ3) is 4.38. The zero-order valence-corrected chi connectivity index (χ0v) is 29.8. The largest absolute Gasteiger partial charge is 0.454 e. The molecule has 3 nitrogen and oxygen atoms in total. The maximum atomic E-state index is 6.71. The van der Waals surface area contributed by atoms with E-state index in [4.69, 9.17) is 4.42 Å². The number of para-hydroxylation sites is 4. The standard InChI is InChI=1S/C52H32N2O/c1-3-14-33(15-4-1)42-32-36-16-7-8-19-38(36)51-50(42)44-31-35(27-29-47(44)54(51)48-24-13-22-41-40-21-10-12-25-49(40)55-52(41)48)34-26-28-46-43(30-34)39-20-9-11-23-45(39)53(46)37-17-5-2-6-18-37/h1-32H. The Labute approximate surface area is 316 Å². The molecule has 0 radical (unpaired) electrons. The van der Waals surface area contributed by atoms with E-state index >= 15 is 0 Å². The molecule has 0 amide bonds. The van der Waals surface area contributed by atoms with Crippen molar-refractivity contribution in [2.75, 3.05) is 0 Å². The number of hydrogen-bond acceptors (Lipinski definition) is 1. The lowest BCUT2D eigenvalue weighted by Crippen LogP contribution is -1.95. The van der Waals surface area contributed by atoms with Crippen molar-refractivity contribution in [3.05, 3.63) is 194 Å². The van der Waals surface area contributed by atoms with Crippen LogP contribution in [0.25, 0.3) is 110 Å². The Hall–Kier alpha value is -7.36. The van der Waals surface area contributed by atoms with Crippen LogP contribution in [0, 0.1) is 0 Å². The quantitative estimate of drug-likeness (QED) is 0.179. The smallest absolute Gasteiger partial charge is 0.159 e. The second-order valence-electron chi connectivity index (χ2n) is 14.5. The highest BCUT2D eigenvalue weighted by molar-refractivity contribution is 6.25. The van der Waals surface area contributed by atoms with Crippen molar-refractivity contribution >= 4 is 76.3 Å². The second-order valence-corrected chi connectivity index (χ2v) is 14.5. The van der Waals surface area contributed by atoms with E-state index < -0.39 is 0 Å². The van der Waals surface area contributed by atoms with Gasteiger partial charge in [-0.15, -0.1) is 0 Å². The summed E-state index contributed by atoms with van der Waals surface area (Å²) in [7, 11) is 0. The Morgan fingerprint density at radius 2 is 0.982 bits per heavy atom. The number of hydrogen-bond donors (Lipinski definition) is 0. The molecule has 256 valence electrons. The van der Waals surface area contributed by atoms with E-state index in [0.29, 0.717) is 0 Å². The first kappa shape index (κ1) is 30.1. The summed E-state index contributed by atoms with van der Waals surface area (Å²) in [5, 5.41) is 9.58. The van der Waals surface area contributed by atoms with Gasteiger partial charge in [-0.25, -0.2) is 0 Å². The summed E-state index contributed by atoms with van der Waals surface area (Å²) in [5.74, 6) is 0. The van der Waals surface area contributed by atoms with E-state index in [9.17, 15) is 0 Å². The molecule has 9 aromatic carbocycles. The van der Waals surface area contributed by atoms with Crippen molar-refractivity contribution in [1.29, 1.82) is 0 Å². The van der Waals surface area contributed by atoms with E-state index in [2.05, 4.69) is 197 Å². The first-order valence-electron chi connectivity index (χ1n) is 18.9. The maximum Gasteiger partial charge on any atom is 0.159 e. The number of rotatable bonds is 4. The van der Waals surface area contributed by atoms with Gasteiger partial charge < -0.3 is 13.6 Å². The van der Waals surface area contributed by atoms with Crippen molar-refractivity contribution in [3.63, 3.8) is 0 Å². The lowest BCUT2D eigenvalue weighted by atomic mass is 9.94. The predicted octanol–water partition coefficient (Wildman–Crippen LogP) is 14.3. The van der Waals surface area contributed by atoms with Gasteiger partial charge in [-0.3, -0.25) is 0 Å². The molecule has 0 unspecified atom stereocenters. The van der Waals surface area contributed by atoms with Gasteiger partial charge in [0.25, 0.3) is 0 Å². The van der Waals surface area contributed by atoms with Gasteiger partial charge >= 0.3 is 0 Å². The van der Waals surface area contributed by atoms with E-state index in [1.54, 1.807) is 0 Å². The number of aromatic nitrogens is 2. The fourth-order valence-corrected chi connectivity index (χ4v) is 9.08. The van der Waals surface area contributed by atoms with Crippen LogP contribution in [0.3, 0.4) is 0 Å². The molecule has 0 bridgehead atoms. The van der Waals surface area contributed by atoms with Crippen molar-refractivity contribution in [3.8, 4) is 33.6 Å². The number of benzene rings is 9. The molecule has 3 heteroatoms. The minimum Gasteiger partial charge on any atom is -0.454 e. The molecule has 12 aromatic rings. The van der Waals surface area contributed by atoms with E-state index in [0.717, 1.165) is 38.8 Å². The Morgan fingerprint density at radius 3 is 1.80 bits per heavy atom. The van der Waals surface area contributed by atoms with Gasteiger partial charge in [-0.1, -0.05) is 133 Å². The molecular formula is C52H32N2O. The fourth-order valence-electron chi connectivity index (χ4n) is 9.08. The lowest BCUT2D eigenvalue weighted by molar-refractivity contribution is 0.666. The Bertz CT molecular complexity index is 3470. The van der Waals surface area contributed by atoms with Gasteiger partial charge in [0.1, 0.15) is 5.58 Å². The van der Waals surface area contributed by atoms with Crippen LogP contribution in [-0.2, 0) is 0 Å². The van der Waals surface area contributed by atoms with Crippen LogP contribution < -0.4 is 0 Å². The summed E-state index contributed by atoms with van der Waals surface area (Å²) in [6, 6.07) is 70.2. The van der Waals surface area contributed by atoms with Gasteiger partial charge in [0.15, 0.2) is 5.58 Å². The van der Waals surface area contributed by atoms with Crippen LogP contribution in [0.1, 0.15) is 0 Å². The summed E-state index contributed by atoms with van der Waals surface area (Å²) in [5.41, 5.74) is 13.5. The highest BCUT2D eigenvalue weighted by Gasteiger charge is 2.23. The summed E-state index contributed by atoms with van der Waals surface area (Å²) in [6.45, 7) is 0. The van der Waals surface area contributed by atoms with Crippen molar-refractivity contribution in [2.45, 2.75) is 0 Å². The molecule has 12 rings (SSSR count). The van der Waals surface area contributed by atoms with Crippen molar-refractivity contribution in [1.82, 2.24) is 9.13 Å². The number of fused-ring (bicyclic) bond motifs is 11. The van der Waals surface area contributed by atoms with Crippen LogP contribution in [0.15, 0.2) is 199 Å². The molecule has 0 N–H and O–H groups in total. The average molecular weight is 701 g/mol. The molecule has 0 atom stereocenters. The molecule has 0 aliphatic carbocycles. The van der Waals surface area contributed by atoms with Crippen LogP contribution in [0.4, 0.5) is 0 Å². The predicted molar refractivity (Wildman–Crippen MR) is 231 cm³/mol. The summed E-state index contributed by atoms with van der Waals surface area (Å²) < 4.78 is 11.5. The van der Waals surface area contributed by atoms with E-state index in [1.165, 1.54) is 71.1 Å². The molecule has 0 saturated carbocycles. The van der Waals surface area contributed by atoms with Crippen molar-refractivity contribution in [2.24, 2.45) is 0 Å². The molecule has 0 fully saturated rings. The van der Waals surface area contributed by atoms with Gasteiger partial charge in [-0.2, -0.15) is 0 Å². The molecule has 3 aromatic heterocycles. The van der Waals surface area contributed by atoms with Gasteiger partial charge in [0.05, 0.1) is 27.8 Å². The topological polar surface area (TPSA) is 23.0 Å². The van der Waals surface area contributed by atoms with Crippen LogP contribution in [0.5, 0.6) is 0 Å². The summed E-state index contributed by atoms with van der Waals surface area (Å²) in [4.78, 5) is 0. The van der Waals surface area contributed by atoms with Crippen LogP contribution in [-0.4, -0.2) is 9.13 Å². The lowest BCUT2D eigenvalue weighted by Gasteiger charge is -2.12. The van der Waals surface area contributed by atoms with E-state index in [-0.39, 0.29) is 0 Å². The SMILES string of the molecule is c1ccc(-c2cc3ccccc3c3c2c2cc(-c4ccc5c(c4)c4ccccc4n5-c4ccccc4)ccc2n3-c2cccc3c2oc2ccccc23)cc1. The van der Waals surface area contributed by atoms with Crippen LogP contribution in [0.2, 0.25) is 0 Å². The maximum absolute atomic E-state index is 6.71. The third-order valence-corrected chi connectivity index (χ3v) is 11.5. The van der Waals surface area contributed by atoms with Gasteiger partial charge in [0, 0.05) is 43.4 Å². The molecule has 0 aliphatic heterocycles. The Kier molecular flexibility index (Phi) is 6.34. The molecule has 3 heterocycles. The Balaban J connectivity index is 1.19. The molecular weight excluding hydrogens is 669 g/mol. The molecule has 0 aliphatic rings. The monoisotopic (exact) mass is 700 g/mol. The third-order valence-electron chi connectivity index (χ3n) is 11.5. The van der Waals surface area contributed by atoms with Crippen LogP contribution >= 0.6 is 0 Å². The molecule has 0 spiro atoms. The average Bonchev–Trinajstić information content (AvgIpc) is 3.92. The summed E-state index contributed by atoms with van der Waals surface area (Å²) >= 11 is 0. The second kappa shape index (κ2) is 11.6. The van der Waals surface area contributed by atoms with Crippen molar-refractivity contribution < 1.29 is 4.42 Å². The molecule has 55 heavy (non-hydrogen) atoms. The zero-order chi connectivity index (χ0) is 36.0. The molecule has 0 saturated heterocycles. The summed E-state index contributed by atoms with van der Waals surface area (Å²) in [6.07, 6.45) is 0. The minimum atomic E-state index is 0.890. The fraction of sp³-hybridized carbons (Fsp3) is 0. The number of nitrogens with zero attached hydrogens (tertiary/aromatic N) is 2. The van der Waals surface area contributed by atoms with Gasteiger partial charge in [0.2, 0.25) is 0 Å². The highest BCUT2D eigenvalue weighted by Crippen LogP contribution is 2.46. The Morgan fingerprint density at radius 1 is 0.364 bits per heavy atom.